The van der Waals surface area contributed by atoms with Crippen LogP contribution in [0.4, 0.5) is 0 Å². The van der Waals surface area contributed by atoms with Crippen molar-refractivity contribution >= 4 is 27.7 Å². The highest BCUT2D eigenvalue weighted by atomic mass is 32.2. The monoisotopic (exact) mass is 387 g/mol. The van der Waals surface area contributed by atoms with Gasteiger partial charge in [0.05, 0.1) is 22.3 Å². The summed E-state index contributed by atoms with van der Waals surface area (Å²) in [5.41, 5.74) is 1.12. The van der Waals surface area contributed by atoms with E-state index in [2.05, 4.69) is 0 Å². The van der Waals surface area contributed by atoms with Gasteiger partial charge in [-0.3, -0.25) is 9.59 Å². The van der Waals surface area contributed by atoms with E-state index in [-0.39, 0.29) is 47.7 Å². The second-order valence-electron chi connectivity index (χ2n) is 6.07. The van der Waals surface area contributed by atoms with Gasteiger partial charge >= 0.3 is 5.97 Å². The molecule has 0 spiro atoms. The molecule has 0 atom stereocenters. The maximum Gasteiger partial charge on any atom is 0.338 e. The lowest BCUT2D eigenvalue weighted by Gasteiger charge is -2.17. The molecule has 0 saturated carbocycles. The first-order valence-corrected chi connectivity index (χ1v) is 9.79. The van der Waals surface area contributed by atoms with Gasteiger partial charge in [-0.1, -0.05) is 24.3 Å². The van der Waals surface area contributed by atoms with Crippen LogP contribution in [0, 0.1) is 0 Å². The van der Waals surface area contributed by atoms with Gasteiger partial charge in [0.1, 0.15) is 0 Å². The average molecular weight is 387 g/mol. The summed E-state index contributed by atoms with van der Waals surface area (Å²) < 4.78 is 36.6. The average Bonchev–Trinajstić information content (AvgIpc) is 2.64. The van der Waals surface area contributed by atoms with Crippen LogP contribution in [-0.2, 0) is 14.9 Å². The van der Waals surface area contributed by atoms with Gasteiger partial charge in [-0.05, 0) is 31.0 Å². The highest BCUT2D eigenvalue weighted by molar-refractivity contribution is 7.85. The van der Waals surface area contributed by atoms with Crippen LogP contribution >= 0.6 is 0 Å². The Hall–Kier alpha value is -2.84. The molecule has 27 heavy (non-hydrogen) atoms. The van der Waals surface area contributed by atoms with Gasteiger partial charge < -0.3 is 9.29 Å². The second-order valence-corrected chi connectivity index (χ2v) is 7.59. The Morgan fingerprint density at radius 3 is 2.11 bits per heavy atom. The van der Waals surface area contributed by atoms with Crippen LogP contribution in [0.3, 0.4) is 0 Å². The Labute approximate surface area is 155 Å². The summed E-state index contributed by atoms with van der Waals surface area (Å²) >= 11 is 0. The lowest BCUT2D eigenvalue weighted by Crippen LogP contribution is -2.21. The number of fused-ring (bicyclic) bond motifs is 2. The summed E-state index contributed by atoms with van der Waals surface area (Å²) in [7, 11) is -4.28. The van der Waals surface area contributed by atoms with Crippen LogP contribution in [0.15, 0.2) is 42.5 Å². The first-order valence-electron chi connectivity index (χ1n) is 8.21. The molecule has 0 saturated heterocycles. The van der Waals surface area contributed by atoms with Crippen LogP contribution in [0.25, 0.3) is 0 Å². The van der Waals surface area contributed by atoms with E-state index in [1.807, 2.05) is 0 Å². The van der Waals surface area contributed by atoms with Crippen molar-refractivity contribution in [3.63, 3.8) is 0 Å². The van der Waals surface area contributed by atoms with E-state index in [4.69, 9.17) is 4.74 Å². The fourth-order valence-electron chi connectivity index (χ4n) is 2.86. The zero-order chi connectivity index (χ0) is 19.6. The molecular formula is C19H15O7S-. The lowest BCUT2D eigenvalue weighted by atomic mass is 9.83. The molecule has 1 aliphatic carbocycles. The number of carbonyl (C=O) groups is 3. The predicted molar refractivity (Wildman–Crippen MR) is 93.8 cm³/mol. The number of unbranched alkanes of at least 4 members (excludes halogenated alkanes) is 1. The van der Waals surface area contributed by atoms with Crippen molar-refractivity contribution in [1.82, 2.24) is 0 Å². The maximum absolute atomic E-state index is 12.6. The molecule has 0 fully saturated rings. The van der Waals surface area contributed by atoms with E-state index in [0.29, 0.717) is 11.1 Å². The first-order chi connectivity index (χ1) is 12.8. The van der Waals surface area contributed by atoms with Crippen molar-refractivity contribution in [2.75, 3.05) is 12.4 Å². The highest BCUT2D eigenvalue weighted by Gasteiger charge is 2.30. The number of esters is 1. The Morgan fingerprint density at radius 1 is 0.889 bits per heavy atom. The molecule has 0 heterocycles. The van der Waals surface area contributed by atoms with Crippen molar-refractivity contribution < 1.29 is 32.1 Å². The molecule has 0 aliphatic heterocycles. The van der Waals surface area contributed by atoms with Gasteiger partial charge in [0.2, 0.25) is 0 Å². The van der Waals surface area contributed by atoms with E-state index in [9.17, 15) is 27.4 Å². The number of ketones is 2. The van der Waals surface area contributed by atoms with Crippen molar-refractivity contribution in [3.8, 4) is 0 Å². The molecule has 0 N–H and O–H groups in total. The van der Waals surface area contributed by atoms with E-state index in [1.165, 1.54) is 18.2 Å². The SMILES string of the molecule is O=C(OCCCCS(=O)(=O)[O-])c1ccc2c(c1)C(=O)c1ccccc1C2=O. The molecule has 0 unspecified atom stereocenters. The number of hydrogen-bond acceptors (Lipinski definition) is 7. The molecule has 8 heteroatoms. The lowest BCUT2D eigenvalue weighted by molar-refractivity contribution is 0.0499. The van der Waals surface area contributed by atoms with Gasteiger partial charge in [-0.2, -0.15) is 0 Å². The summed E-state index contributed by atoms with van der Waals surface area (Å²) in [6.45, 7) is -0.0544. The molecule has 0 radical (unpaired) electrons. The topological polar surface area (TPSA) is 118 Å². The van der Waals surface area contributed by atoms with Crippen LogP contribution in [0.5, 0.6) is 0 Å². The van der Waals surface area contributed by atoms with E-state index in [0.717, 1.165) is 0 Å². The zero-order valence-corrected chi connectivity index (χ0v) is 15.0. The Kier molecular flexibility index (Phi) is 5.20. The Balaban J connectivity index is 1.72. The number of ether oxygens (including phenoxy) is 1. The van der Waals surface area contributed by atoms with Crippen LogP contribution in [0.2, 0.25) is 0 Å². The molecule has 140 valence electrons. The first kappa shape index (κ1) is 18.9. The third kappa shape index (κ3) is 4.12. The largest absolute Gasteiger partial charge is 0.748 e. The predicted octanol–water partition coefficient (Wildman–Crippen LogP) is 1.94. The van der Waals surface area contributed by atoms with Gasteiger partial charge in [0, 0.05) is 28.0 Å². The van der Waals surface area contributed by atoms with Crippen molar-refractivity contribution in [1.29, 1.82) is 0 Å². The van der Waals surface area contributed by atoms with Crippen LogP contribution in [-0.4, -0.2) is 42.9 Å². The molecule has 0 bridgehead atoms. The van der Waals surface area contributed by atoms with Gasteiger partial charge in [-0.25, -0.2) is 13.2 Å². The van der Waals surface area contributed by atoms with Crippen LogP contribution < -0.4 is 0 Å². The summed E-state index contributed by atoms with van der Waals surface area (Å²) in [6, 6.07) is 10.6. The minimum absolute atomic E-state index is 0.0544. The van der Waals surface area contributed by atoms with Crippen molar-refractivity contribution in [3.05, 3.63) is 70.3 Å². The highest BCUT2D eigenvalue weighted by Crippen LogP contribution is 2.28. The Morgan fingerprint density at radius 2 is 1.48 bits per heavy atom. The van der Waals surface area contributed by atoms with Gasteiger partial charge in [-0.15, -0.1) is 0 Å². The minimum atomic E-state index is -4.28. The number of hydrogen-bond donors (Lipinski definition) is 0. The van der Waals surface area contributed by atoms with Crippen molar-refractivity contribution in [2.24, 2.45) is 0 Å². The van der Waals surface area contributed by atoms with E-state index < -0.39 is 21.8 Å². The summed E-state index contributed by atoms with van der Waals surface area (Å²) in [4.78, 5) is 37.3. The third-order valence-corrected chi connectivity index (χ3v) is 4.97. The normalized spacial score (nSPS) is 13.1. The molecular weight excluding hydrogens is 372 g/mol. The van der Waals surface area contributed by atoms with E-state index >= 15 is 0 Å². The number of carbonyl (C=O) groups excluding carboxylic acids is 3. The molecule has 2 aromatic carbocycles. The van der Waals surface area contributed by atoms with Gasteiger partial charge in [0.15, 0.2) is 11.6 Å². The number of benzene rings is 2. The van der Waals surface area contributed by atoms with Crippen LogP contribution in [0.1, 0.15) is 55.0 Å². The Bertz CT molecular complexity index is 1040. The zero-order valence-electron chi connectivity index (χ0n) is 14.1. The molecule has 7 nitrogen and oxygen atoms in total. The molecule has 3 rings (SSSR count). The standard InChI is InChI=1S/C19H16O7S/c20-17-13-5-1-2-6-14(13)18(21)16-11-12(7-8-15(16)17)19(22)26-9-3-4-10-27(23,24)25/h1-2,5-8,11H,3-4,9-10H2,(H,23,24,25)/p-1. The van der Waals surface area contributed by atoms with Gasteiger partial charge in [0.25, 0.3) is 0 Å². The fourth-order valence-corrected chi connectivity index (χ4v) is 3.41. The third-order valence-electron chi connectivity index (χ3n) is 4.18. The second kappa shape index (κ2) is 7.42. The summed E-state index contributed by atoms with van der Waals surface area (Å²) in [5, 5.41) is 0. The molecule has 1 aliphatic rings. The quantitative estimate of drug-likeness (QED) is 0.360. The molecule has 0 aromatic heterocycles. The summed E-state index contributed by atoms with van der Waals surface area (Å²) in [6.07, 6.45) is 0.315. The van der Waals surface area contributed by atoms with E-state index in [1.54, 1.807) is 24.3 Å². The summed E-state index contributed by atoms with van der Waals surface area (Å²) in [5.74, 6) is -1.82. The fraction of sp³-hybridized carbons (Fsp3) is 0.211. The number of rotatable bonds is 6. The van der Waals surface area contributed by atoms with Crippen molar-refractivity contribution in [2.45, 2.75) is 12.8 Å². The minimum Gasteiger partial charge on any atom is -0.748 e. The molecule has 2 aromatic rings. The maximum atomic E-state index is 12.6. The molecule has 0 amide bonds. The smallest absolute Gasteiger partial charge is 0.338 e.